The molecule has 0 spiro atoms. The lowest BCUT2D eigenvalue weighted by molar-refractivity contribution is 0.0683. The highest BCUT2D eigenvalue weighted by Gasteiger charge is 2.37. The number of pyridine rings is 1. The molecule has 0 saturated heterocycles. The third-order valence-electron chi connectivity index (χ3n) is 3.57. The highest BCUT2D eigenvalue weighted by Crippen LogP contribution is 2.35. The molecule has 2 aromatic rings. The number of ketones is 3. The first-order chi connectivity index (χ1) is 11.2. The summed E-state index contributed by atoms with van der Waals surface area (Å²) in [6.45, 7) is 1.14. The minimum Gasteiger partial charge on any atom is -0.478 e. The first-order valence-corrected chi connectivity index (χ1v) is 6.57. The lowest BCUT2D eigenvalue weighted by Crippen LogP contribution is -2.25. The van der Waals surface area contributed by atoms with Crippen LogP contribution in [0, 0.1) is 0 Å². The number of fused-ring (bicyclic) bond motifs is 3. The standard InChI is InChI=1S/C15H8N2O7/c1-4(18)7-2-5(14(21)22)9-10-6(3-8(17-10)15(23)24)12(19)13(20)11(9)16-7/h2-3,17H,1H3,(H,21,22)(H,23,24). The molecular formula is C15H8N2O7. The van der Waals surface area contributed by atoms with Gasteiger partial charge in [0.15, 0.2) is 5.78 Å². The van der Waals surface area contributed by atoms with Crippen LogP contribution in [0.1, 0.15) is 59.1 Å². The fraction of sp³-hybridized carbons (Fsp3) is 0.0667. The molecule has 0 saturated carbocycles. The van der Waals surface area contributed by atoms with Crippen molar-refractivity contribution >= 4 is 29.3 Å². The van der Waals surface area contributed by atoms with E-state index >= 15 is 0 Å². The van der Waals surface area contributed by atoms with E-state index in [-0.39, 0.29) is 28.2 Å². The molecule has 0 aromatic carbocycles. The number of nitrogens with zero attached hydrogens (tertiary/aromatic N) is 1. The molecule has 0 bridgehead atoms. The van der Waals surface area contributed by atoms with Crippen molar-refractivity contribution in [2.75, 3.05) is 0 Å². The summed E-state index contributed by atoms with van der Waals surface area (Å²) in [5.74, 6) is -5.53. The second-order valence-electron chi connectivity index (χ2n) is 5.08. The summed E-state index contributed by atoms with van der Waals surface area (Å²) < 4.78 is 0. The number of carboxylic acids is 2. The Hall–Kier alpha value is -3.62. The van der Waals surface area contributed by atoms with Crippen molar-refractivity contribution in [3.63, 3.8) is 0 Å². The topological polar surface area (TPSA) is 154 Å². The van der Waals surface area contributed by atoms with Crippen molar-refractivity contribution in [3.8, 4) is 11.3 Å². The molecule has 120 valence electrons. The van der Waals surface area contributed by atoms with E-state index in [1.165, 1.54) is 0 Å². The molecule has 9 heteroatoms. The van der Waals surface area contributed by atoms with E-state index in [0.29, 0.717) is 0 Å². The minimum absolute atomic E-state index is 0.119. The van der Waals surface area contributed by atoms with Gasteiger partial charge in [0.25, 0.3) is 5.78 Å². The summed E-state index contributed by atoms with van der Waals surface area (Å²) in [5.41, 5.74) is -2.14. The Morgan fingerprint density at radius 3 is 2.25 bits per heavy atom. The average molecular weight is 328 g/mol. The monoisotopic (exact) mass is 328 g/mol. The van der Waals surface area contributed by atoms with Gasteiger partial charge in [-0.25, -0.2) is 14.6 Å². The molecule has 0 atom stereocenters. The van der Waals surface area contributed by atoms with Gasteiger partial charge in [-0.1, -0.05) is 0 Å². The number of aromatic carboxylic acids is 2. The zero-order valence-corrected chi connectivity index (χ0v) is 12.0. The number of nitrogens with one attached hydrogen (secondary N) is 1. The normalized spacial score (nSPS) is 12.5. The number of carbonyl (C=O) groups is 5. The zero-order valence-electron chi connectivity index (χ0n) is 12.0. The summed E-state index contributed by atoms with van der Waals surface area (Å²) in [4.78, 5) is 64.7. The SMILES string of the molecule is CC(=O)c1cc(C(=O)O)c2c(n1)C(=O)C(=O)c1cc(C(=O)O)[nH]c1-2. The van der Waals surface area contributed by atoms with E-state index in [2.05, 4.69) is 9.97 Å². The lowest BCUT2D eigenvalue weighted by atomic mass is 9.88. The molecule has 9 nitrogen and oxygen atoms in total. The van der Waals surface area contributed by atoms with Gasteiger partial charge in [-0.05, 0) is 12.1 Å². The van der Waals surface area contributed by atoms with Crippen LogP contribution in [0.2, 0.25) is 0 Å². The Bertz CT molecular complexity index is 984. The van der Waals surface area contributed by atoms with E-state index < -0.39 is 40.5 Å². The molecule has 2 heterocycles. The number of H-pyrrole nitrogens is 1. The highest BCUT2D eigenvalue weighted by atomic mass is 16.4. The molecule has 1 aliphatic rings. The van der Waals surface area contributed by atoms with Crippen LogP contribution < -0.4 is 0 Å². The molecule has 3 rings (SSSR count). The number of Topliss-reactive ketones (excluding diaryl/α,β-unsaturated/α-hetero) is 3. The first-order valence-electron chi connectivity index (χ1n) is 6.57. The van der Waals surface area contributed by atoms with Gasteiger partial charge in [-0.15, -0.1) is 0 Å². The predicted molar refractivity (Wildman–Crippen MR) is 76.6 cm³/mol. The highest BCUT2D eigenvalue weighted by molar-refractivity contribution is 6.52. The van der Waals surface area contributed by atoms with Crippen LogP contribution in [0.15, 0.2) is 12.1 Å². The van der Waals surface area contributed by atoms with Crippen molar-refractivity contribution < 1.29 is 34.2 Å². The molecule has 0 unspecified atom stereocenters. The van der Waals surface area contributed by atoms with E-state index in [1.807, 2.05) is 0 Å². The maximum atomic E-state index is 12.2. The summed E-state index contributed by atoms with van der Waals surface area (Å²) in [7, 11) is 0. The van der Waals surface area contributed by atoms with Gasteiger partial charge in [-0.2, -0.15) is 0 Å². The number of hydrogen-bond acceptors (Lipinski definition) is 6. The summed E-state index contributed by atoms with van der Waals surface area (Å²) in [6, 6.07) is 1.95. The van der Waals surface area contributed by atoms with Crippen molar-refractivity contribution in [1.29, 1.82) is 0 Å². The van der Waals surface area contributed by atoms with Crippen molar-refractivity contribution in [1.82, 2.24) is 9.97 Å². The van der Waals surface area contributed by atoms with E-state index in [1.54, 1.807) is 0 Å². The number of hydrogen-bond donors (Lipinski definition) is 3. The number of rotatable bonds is 3. The van der Waals surface area contributed by atoms with Crippen LogP contribution in [-0.4, -0.2) is 49.5 Å². The van der Waals surface area contributed by atoms with E-state index in [0.717, 1.165) is 19.1 Å². The lowest BCUT2D eigenvalue weighted by Gasteiger charge is -2.16. The molecule has 0 aliphatic heterocycles. The molecule has 0 amide bonds. The molecule has 1 aliphatic carbocycles. The third-order valence-corrected chi connectivity index (χ3v) is 3.57. The van der Waals surface area contributed by atoms with Gasteiger partial charge >= 0.3 is 11.9 Å². The van der Waals surface area contributed by atoms with Crippen LogP contribution in [0.25, 0.3) is 11.3 Å². The average Bonchev–Trinajstić information content (AvgIpc) is 2.96. The van der Waals surface area contributed by atoms with Crippen LogP contribution >= 0.6 is 0 Å². The quantitative estimate of drug-likeness (QED) is 0.558. The van der Waals surface area contributed by atoms with E-state index in [9.17, 15) is 29.1 Å². The van der Waals surface area contributed by atoms with Crippen LogP contribution in [-0.2, 0) is 0 Å². The number of carboxylic acid groups (broad SMARTS) is 2. The fourth-order valence-electron chi connectivity index (χ4n) is 2.49. The third kappa shape index (κ3) is 2.02. The Labute approximate surface area is 132 Å². The fourth-order valence-corrected chi connectivity index (χ4v) is 2.49. The largest absolute Gasteiger partial charge is 0.478 e. The van der Waals surface area contributed by atoms with Gasteiger partial charge in [0.05, 0.1) is 16.8 Å². The maximum absolute atomic E-state index is 12.2. The van der Waals surface area contributed by atoms with Gasteiger partial charge in [0.2, 0.25) is 5.78 Å². The van der Waals surface area contributed by atoms with Crippen LogP contribution in [0.3, 0.4) is 0 Å². The van der Waals surface area contributed by atoms with Crippen LogP contribution in [0.4, 0.5) is 0 Å². The smallest absolute Gasteiger partial charge is 0.352 e. The second kappa shape index (κ2) is 4.95. The summed E-state index contributed by atoms with van der Waals surface area (Å²) in [6.07, 6.45) is 0. The van der Waals surface area contributed by atoms with Crippen molar-refractivity contribution in [3.05, 3.63) is 40.3 Å². The molecule has 24 heavy (non-hydrogen) atoms. The first kappa shape index (κ1) is 15.3. The maximum Gasteiger partial charge on any atom is 0.352 e. The number of carbonyl (C=O) groups excluding carboxylic acids is 3. The molecule has 3 N–H and O–H groups in total. The number of aromatic nitrogens is 2. The minimum atomic E-state index is -1.45. The molecular weight excluding hydrogens is 320 g/mol. The van der Waals surface area contributed by atoms with Crippen molar-refractivity contribution in [2.45, 2.75) is 6.92 Å². The van der Waals surface area contributed by atoms with Gasteiger partial charge < -0.3 is 15.2 Å². The number of aromatic amines is 1. The molecule has 0 radical (unpaired) electrons. The van der Waals surface area contributed by atoms with Crippen molar-refractivity contribution in [2.24, 2.45) is 0 Å². The Morgan fingerprint density at radius 1 is 1.04 bits per heavy atom. The Kier molecular flexibility index (Phi) is 3.15. The summed E-state index contributed by atoms with van der Waals surface area (Å²) in [5, 5.41) is 18.4. The Morgan fingerprint density at radius 2 is 1.71 bits per heavy atom. The molecule has 2 aromatic heterocycles. The zero-order chi connectivity index (χ0) is 17.8. The molecule has 0 fully saturated rings. The van der Waals surface area contributed by atoms with Gasteiger partial charge in [0, 0.05) is 12.5 Å². The second-order valence-corrected chi connectivity index (χ2v) is 5.08. The van der Waals surface area contributed by atoms with Crippen LogP contribution in [0.5, 0.6) is 0 Å². The van der Waals surface area contributed by atoms with Gasteiger partial charge in [-0.3, -0.25) is 14.4 Å². The van der Waals surface area contributed by atoms with Gasteiger partial charge in [0.1, 0.15) is 17.1 Å². The van der Waals surface area contributed by atoms with E-state index in [4.69, 9.17) is 5.11 Å². The summed E-state index contributed by atoms with van der Waals surface area (Å²) >= 11 is 0. The predicted octanol–water partition coefficient (Wildman–Crippen LogP) is 1.05. The Balaban J connectivity index is 2.43.